The van der Waals surface area contributed by atoms with Gasteiger partial charge in [-0.25, -0.2) is 0 Å². The summed E-state index contributed by atoms with van der Waals surface area (Å²) in [6.07, 6.45) is 1.28. The molecule has 1 rings (SSSR count). The number of likely N-dealkylation sites (tertiary alicyclic amines) is 1. The van der Waals surface area contributed by atoms with Gasteiger partial charge in [0.1, 0.15) is 0 Å². The van der Waals surface area contributed by atoms with Crippen molar-refractivity contribution < 1.29 is 0 Å². The Labute approximate surface area is 143 Å². The van der Waals surface area contributed by atoms with Gasteiger partial charge >= 0.3 is 0 Å². The van der Waals surface area contributed by atoms with Crippen LogP contribution in [0.25, 0.3) is 0 Å². The largest absolute Gasteiger partial charge is 0.357 e. The van der Waals surface area contributed by atoms with Crippen LogP contribution in [0.15, 0.2) is 4.99 Å². The smallest absolute Gasteiger partial charge is 0.193 e. The summed E-state index contributed by atoms with van der Waals surface area (Å²) >= 11 is 0. The fourth-order valence-corrected chi connectivity index (χ4v) is 3.04. The minimum atomic E-state index is 0.163. The summed E-state index contributed by atoms with van der Waals surface area (Å²) in [7, 11) is 0. The summed E-state index contributed by atoms with van der Waals surface area (Å²) in [5.74, 6) is 1.86. The molecule has 0 saturated carbocycles. The molecule has 0 spiro atoms. The summed E-state index contributed by atoms with van der Waals surface area (Å²) in [4.78, 5) is 9.78. The molecule has 0 aromatic heterocycles. The van der Waals surface area contributed by atoms with Crippen molar-refractivity contribution in [3.8, 4) is 0 Å². The highest BCUT2D eigenvalue weighted by molar-refractivity contribution is 5.80. The van der Waals surface area contributed by atoms with Crippen LogP contribution in [0, 0.1) is 5.92 Å². The van der Waals surface area contributed by atoms with Gasteiger partial charge in [-0.2, -0.15) is 0 Å². The maximum atomic E-state index is 4.81. The first-order valence-corrected chi connectivity index (χ1v) is 9.40. The van der Waals surface area contributed by atoms with E-state index in [9.17, 15) is 0 Å². The highest BCUT2D eigenvalue weighted by Crippen LogP contribution is 2.17. The van der Waals surface area contributed by atoms with E-state index in [0.29, 0.717) is 0 Å². The first-order chi connectivity index (χ1) is 10.9. The van der Waals surface area contributed by atoms with Crippen molar-refractivity contribution in [1.82, 2.24) is 20.4 Å². The molecule has 1 aliphatic rings. The van der Waals surface area contributed by atoms with Crippen LogP contribution < -0.4 is 10.6 Å². The average Bonchev–Trinajstić information content (AvgIpc) is 2.95. The Kier molecular flexibility index (Phi) is 8.92. The average molecular weight is 326 g/mol. The second kappa shape index (κ2) is 10.1. The fraction of sp³-hybridized carbons (Fsp3) is 0.944. The van der Waals surface area contributed by atoms with Crippen LogP contribution >= 0.6 is 0 Å². The van der Waals surface area contributed by atoms with Crippen molar-refractivity contribution in [2.24, 2.45) is 10.9 Å². The molecule has 0 aromatic rings. The molecular weight excluding hydrogens is 286 g/mol. The van der Waals surface area contributed by atoms with Gasteiger partial charge in [0.2, 0.25) is 0 Å². The van der Waals surface area contributed by atoms with Crippen molar-refractivity contribution >= 4 is 5.96 Å². The number of hydrogen-bond donors (Lipinski definition) is 2. The second-order valence-corrected chi connectivity index (χ2v) is 7.50. The molecule has 23 heavy (non-hydrogen) atoms. The Morgan fingerprint density at radius 1 is 1.22 bits per heavy atom. The van der Waals surface area contributed by atoms with Gasteiger partial charge < -0.3 is 20.4 Å². The lowest BCUT2D eigenvalue weighted by molar-refractivity contribution is 0.255. The number of hydrogen-bond acceptors (Lipinski definition) is 3. The summed E-state index contributed by atoms with van der Waals surface area (Å²) in [6.45, 7) is 21.7. The summed E-state index contributed by atoms with van der Waals surface area (Å²) in [6, 6.07) is 0. The minimum absolute atomic E-state index is 0.163. The number of nitrogens with zero attached hydrogens (tertiary/aromatic N) is 3. The van der Waals surface area contributed by atoms with Gasteiger partial charge in [0.15, 0.2) is 5.96 Å². The third-order valence-corrected chi connectivity index (χ3v) is 4.36. The highest BCUT2D eigenvalue weighted by Gasteiger charge is 2.25. The first kappa shape index (κ1) is 20.2. The molecule has 2 N–H and O–H groups in total. The Morgan fingerprint density at radius 3 is 2.48 bits per heavy atom. The molecular formula is C18H39N5. The molecule has 0 aromatic carbocycles. The molecule has 5 heteroatoms. The highest BCUT2D eigenvalue weighted by atomic mass is 15.3. The topological polar surface area (TPSA) is 42.9 Å². The molecule has 1 heterocycles. The van der Waals surface area contributed by atoms with Crippen LogP contribution in [0.1, 0.15) is 48.0 Å². The van der Waals surface area contributed by atoms with Gasteiger partial charge in [0, 0.05) is 38.3 Å². The van der Waals surface area contributed by atoms with Crippen molar-refractivity contribution in [1.29, 1.82) is 0 Å². The fourth-order valence-electron chi connectivity index (χ4n) is 3.04. The number of rotatable bonds is 8. The van der Waals surface area contributed by atoms with Crippen molar-refractivity contribution in [3.05, 3.63) is 0 Å². The summed E-state index contributed by atoms with van der Waals surface area (Å²) in [5, 5.41) is 6.96. The van der Waals surface area contributed by atoms with Crippen molar-refractivity contribution in [3.63, 3.8) is 0 Å². The predicted molar refractivity (Wildman–Crippen MR) is 101 cm³/mol. The molecule has 0 bridgehead atoms. The van der Waals surface area contributed by atoms with Gasteiger partial charge in [-0.3, -0.25) is 4.99 Å². The monoisotopic (exact) mass is 325 g/mol. The number of nitrogens with one attached hydrogen (secondary N) is 2. The third kappa shape index (κ3) is 8.02. The Bertz CT molecular complexity index is 344. The van der Waals surface area contributed by atoms with Gasteiger partial charge in [-0.1, -0.05) is 13.8 Å². The van der Waals surface area contributed by atoms with E-state index < -0.39 is 0 Å². The van der Waals surface area contributed by atoms with Crippen LogP contribution in [0.2, 0.25) is 0 Å². The van der Waals surface area contributed by atoms with E-state index in [4.69, 9.17) is 4.99 Å². The van der Waals surface area contributed by atoms with Gasteiger partial charge in [0.05, 0.1) is 6.54 Å². The van der Waals surface area contributed by atoms with Crippen LogP contribution in [-0.4, -0.2) is 73.7 Å². The van der Waals surface area contributed by atoms with Gasteiger partial charge in [-0.15, -0.1) is 0 Å². The second-order valence-electron chi connectivity index (χ2n) is 7.50. The van der Waals surface area contributed by atoms with Crippen molar-refractivity contribution in [2.75, 3.05) is 52.4 Å². The van der Waals surface area contributed by atoms with E-state index in [1.807, 2.05) is 0 Å². The Hall–Kier alpha value is -0.810. The molecule has 1 unspecified atom stereocenters. The van der Waals surface area contributed by atoms with E-state index in [0.717, 1.165) is 57.7 Å². The first-order valence-electron chi connectivity index (χ1n) is 9.40. The summed E-state index contributed by atoms with van der Waals surface area (Å²) < 4.78 is 0. The molecule has 1 fully saturated rings. The van der Waals surface area contributed by atoms with Gasteiger partial charge in [0.25, 0.3) is 0 Å². The minimum Gasteiger partial charge on any atom is -0.357 e. The Balaban J connectivity index is 2.48. The molecule has 5 nitrogen and oxygen atoms in total. The van der Waals surface area contributed by atoms with Crippen LogP contribution in [0.4, 0.5) is 0 Å². The molecule has 0 aliphatic carbocycles. The van der Waals surface area contributed by atoms with E-state index in [-0.39, 0.29) is 5.54 Å². The number of guanidine groups is 1. The number of aliphatic imine (C=N–C) groups is 1. The molecule has 136 valence electrons. The van der Waals surface area contributed by atoms with E-state index in [1.165, 1.54) is 13.0 Å². The van der Waals surface area contributed by atoms with Crippen molar-refractivity contribution in [2.45, 2.75) is 53.5 Å². The molecule has 1 aliphatic heterocycles. The zero-order valence-electron chi connectivity index (χ0n) is 16.3. The van der Waals surface area contributed by atoms with Crippen LogP contribution in [0.3, 0.4) is 0 Å². The lowest BCUT2D eigenvalue weighted by Crippen LogP contribution is -2.42. The van der Waals surface area contributed by atoms with E-state index in [1.54, 1.807) is 0 Å². The molecule has 0 amide bonds. The van der Waals surface area contributed by atoms with Crippen LogP contribution in [-0.2, 0) is 0 Å². The normalized spacial score (nSPS) is 19.7. The quantitative estimate of drug-likeness (QED) is 0.407. The predicted octanol–water partition coefficient (Wildman–Crippen LogP) is 2.00. The van der Waals surface area contributed by atoms with Crippen LogP contribution in [0.5, 0.6) is 0 Å². The summed E-state index contributed by atoms with van der Waals surface area (Å²) in [5.41, 5.74) is 0.163. The molecule has 0 radical (unpaired) electrons. The van der Waals surface area contributed by atoms with E-state index in [2.05, 4.69) is 62.0 Å². The standard InChI is InChI=1S/C18H39N5/c1-7-19-17(20-11-12-21-18(4,5)6)23-13-10-16(15-23)14-22(8-2)9-3/h16,21H,7-15H2,1-6H3,(H,19,20). The van der Waals surface area contributed by atoms with E-state index >= 15 is 0 Å². The van der Waals surface area contributed by atoms with Gasteiger partial charge in [-0.05, 0) is 53.1 Å². The lowest BCUT2D eigenvalue weighted by atomic mass is 10.1. The molecule has 1 saturated heterocycles. The lowest BCUT2D eigenvalue weighted by Gasteiger charge is -2.25. The molecule has 1 atom stereocenters. The maximum absolute atomic E-state index is 4.81. The Morgan fingerprint density at radius 2 is 1.91 bits per heavy atom. The maximum Gasteiger partial charge on any atom is 0.193 e. The zero-order valence-corrected chi connectivity index (χ0v) is 16.3. The zero-order chi connectivity index (χ0) is 17.3. The SMILES string of the molecule is CCNC(=NCCNC(C)(C)C)N1CCC(CN(CC)CC)C1. The third-order valence-electron chi connectivity index (χ3n) is 4.36.